The van der Waals surface area contributed by atoms with E-state index in [1.165, 1.54) is 12.0 Å². The van der Waals surface area contributed by atoms with Crippen LogP contribution < -0.4 is 5.32 Å². The van der Waals surface area contributed by atoms with Crippen LogP contribution in [0.15, 0.2) is 12.2 Å². The molecule has 2 heteroatoms. The zero-order valence-electron chi connectivity index (χ0n) is 10.1. The fourth-order valence-corrected chi connectivity index (χ4v) is 1.92. The van der Waals surface area contributed by atoms with Crippen molar-refractivity contribution in [3.05, 3.63) is 12.2 Å². The summed E-state index contributed by atoms with van der Waals surface area (Å²) < 4.78 is 0. The highest BCUT2D eigenvalue weighted by Crippen LogP contribution is 2.20. The average Bonchev–Trinajstić information content (AvgIpc) is 2.14. The minimum Gasteiger partial charge on any atom is -0.313 e. The molecule has 84 valence electrons. The van der Waals surface area contributed by atoms with Gasteiger partial charge in [-0.05, 0) is 18.9 Å². The summed E-state index contributed by atoms with van der Waals surface area (Å²) in [5, 5.41) is 4.11. The maximum atomic E-state index is 4.07. The predicted octanol–water partition coefficient (Wildman–Crippen LogP) is 3.32. The van der Waals surface area contributed by atoms with Gasteiger partial charge >= 0.3 is 0 Å². The molecule has 0 amide bonds. The zero-order valence-corrected chi connectivity index (χ0v) is 10.9. The molecular formula is C12H25NS. The molecule has 0 radical (unpaired) electrons. The lowest BCUT2D eigenvalue weighted by Gasteiger charge is -2.15. The molecule has 1 unspecified atom stereocenters. The molecule has 0 saturated heterocycles. The second-order valence-corrected chi connectivity index (χ2v) is 5.55. The summed E-state index contributed by atoms with van der Waals surface area (Å²) in [5.74, 6) is 1.85. The van der Waals surface area contributed by atoms with Gasteiger partial charge in [0.1, 0.15) is 0 Å². The largest absolute Gasteiger partial charge is 0.313 e. The number of hydrogen-bond acceptors (Lipinski definition) is 2. The number of hydrogen-bond donors (Lipinski definition) is 1. The van der Waals surface area contributed by atoms with Crippen LogP contribution in [0.5, 0.6) is 0 Å². The van der Waals surface area contributed by atoms with Crippen LogP contribution in [0, 0.1) is 5.92 Å². The minimum absolute atomic E-state index is 0.734. The summed E-state index contributed by atoms with van der Waals surface area (Å²) >= 11 is 2.01. The molecule has 1 nitrogen and oxygen atoms in total. The number of thioether (sulfide) groups is 1. The van der Waals surface area contributed by atoms with Crippen molar-refractivity contribution >= 4 is 11.8 Å². The van der Waals surface area contributed by atoms with Gasteiger partial charge < -0.3 is 5.32 Å². The fraction of sp³-hybridized carbons (Fsp3) is 0.833. The van der Waals surface area contributed by atoms with Crippen LogP contribution >= 0.6 is 11.8 Å². The van der Waals surface area contributed by atoms with E-state index in [0.29, 0.717) is 0 Å². The molecule has 0 aliphatic carbocycles. The summed E-state index contributed by atoms with van der Waals surface area (Å²) in [6.07, 6.45) is 1.20. The van der Waals surface area contributed by atoms with Crippen LogP contribution in [0.4, 0.5) is 0 Å². The Morgan fingerprint density at radius 2 is 2.00 bits per heavy atom. The van der Waals surface area contributed by atoms with Gasteiger partial charge in [-0.2, -0.15) is 11.8 Å². The molecule has 0 aromatic carbocycles. The van der Waals surface area contributed by atoms with Gasteiger partial charge in [-0.3, -0.25) is 0 Å². The first-order valence-corrected chi connectivity index (χ1v) is 6.61. The maximum absolute atomic E-state index is 4.07. The summed E-state index contributed by atoms with van der Waals surface area (Å²) in [6, 6.07) is 0. The van der Waals surface area contributed by atoms with Gasteiger partial charge in [0.15, 0.2) is 0 Å². The van der Waals surface area contributed by atoms with Gasteiger partial charge in [-0.25, -0.2) is 0 Å². The monoisotopic (exact) mass is 215 g/mol. The lowest BCUT2D eigenvalue weighted by atomic mass is 10.2. The normalized spacial score (nSPS) is 13.2. The topological polar surface area (TPSA) is 12.0 Å². The maximum Gasteiger partial charge on any atom is 0.0170 e. The second-order valence-electron chi connectivity index (χ2n) is 4.19. The van der Waals surface area contributed by atoms with Crippen molar-refractivity contribution in [1.29, 1.82) is 0 Å². The second kappa shape index (κ2) is 8.37. The van der Waals surface area contributed by atoms with Gasteiger partial charge in [0.2, 0.25) is 0 Å². The molecule has 0 aromatic rings. The lowest BCUT2D eigenvalue weighted by molar-refractivity contribution is 0.642. The Morgan fingerprint density at radius 3 is 2.50 bits per heavy atom. The van der Waals surface area contributed by atoms with Crippen LogP contribution in [-0.4, -0.2) is 24.1 Å². The molecule has 0 spiro atoms. The van der Waals surface area contributed by atoms with Crippen LogP contribution in [0.1, 0.15) is 34.1 Å². The summed E-state index contributed by atoms with van der Waals surface area (Å²) in [4.78, 5) is 0. The first-order valence-electron chi connectivity index (χ1n) is 5.56. The molecule has 0 fully saturated rings. The van der Waals surface area contributed by atoms with Gasteiger partial charge in [0.25, 0.3) is 0 Å². The van der Waals surface area contributed by atoms with Crippen LogP contribution in [0.25, 0.3) is 0 Å². The lowest BCUT2D eigenvalue weighted by Crippen LogP contribution is -2.19. The van der Waals surface area contributed by atoms with Crippen molar-refractivity contribution in [2.24, 2.45) is 5.92 Å². The third kappa shape index (κ3) is 7.45. The fourth-order valence-electron chi connectivity index (χ4n) is 0.935. The summed E-state index contributed by atoms with van der Waals surface area (Å²) in [7, 11) is 0. The number of nitrogens with one attached hydrogen (secondary N) is 1. The Labute approximate surface area is 93.7 Å². The Kier molecular flexibility index (Phi) is 8.40. The van der Waals surface area contributed by atoms with Crippen molar-refractivity contribution in [2.45, 2.75) is 39.4 Å². The molecular weight excluding hydrogens is 190 g/mol. The van der Waals surface area contributed by atoms with Crippen LogP contribution in [0.3, 0.4) is 0 Å². The first kappa shape index (κ1) is 14.1. The molecule has 1 N–H and O–H groups in total. The number of rotatable bonds is 8. The van der Waals surface area contributed by atoms with E-state index in [-0.39, 0.29) is 0 Å². The molecule has 0 saturated carbocycles. The highest BCUT2D eigenvalue weighted by atomic mass is 32.2. The standard InChI is InChI=1S/C12H25NS/c1-6-7-13-8-11(4)9-14-12(5)10(2)3/h10,12-13H,4,6-9H2,1-3,5H3. The Balaban J connectivity index is 3.44. The predicted molar refractivity (Wildman–Crippen MR) is 69.1 cm³/mol. The highest BCUT2D eigenvalue weighted by molar-refractivity contribution is 8.00. The molecule has 1 atom stereocenters. The van der Waals surface area contributed by atoms with Crippen molar-refractivity contribution in [3.8, 4) is 0 Å². The van der Waals surface area contributed by atoms with E-state index in [1.54, 1.807) is 0 Å². The van der Waals surface area contributed by atoms with E-state index in [9.17, 15) is 0 Å². The average molecular weight is 215 g/mol. The quantitative estimate of drug-likeness (QED) is 0.492. The smallest absolute Gasteiger partial charge is 0.0170 e. The Morgan fingerprint density at radius 1 is 1.36 bits per heavy atom. The SMILES string of the molecule is C=C(CNCCC)CSC(C)C(C)C. The third-order valence-corrected chi connectivity index (χ3v) is 3.94. The minimum atomic E-state index is 0.734. The van der Waals surface area contributed by atoms with E-state index in [0.717, 1.165) is 30.0 Å². The zero-order chi connectivity index (χ0) is 11.0. The summed E-state index contributed by atoms with van der Waals surface area (Å²) in [6.45, 7) is 15.2. The van der Waals surface area contributed by atoms with Crippen LogP contribution in [-0.2, 0) is 0 Å². The Bertz CT molecular complexity index is 154. The van der Waals surface area contributed by atoms with E-state index >= 15 is 0 Å². The van der Waals surface area contributed by atoms with E-state index in [4.69, 9.17) is 0 Å². The van der Waals surface area contributed by atoms with E-state index in [1.807, 2.05) is 11.8 Å². The molecule has 0 aliphatic heterocycles. The van der Waals surface area contributed by atoms with Crippen molar-refractivity contribution in [1.82, 2.24) is 5.32 Å². The van der Waals surface area contributed by atoms with Crippen molar-refractivity contribution in [3.63, 3.8) is 0 Å². The highest BCUT2D eigenvalue weighted by Gasteiger charge is 2.07. The van der Waals surface area contributed by atoms with Crippen molar-refractivity contribution in [2.75, 3.05) is 18.8 Å². The van der Waals surface area contributed by atoms with Crippen molar-refractivity contribution < 1.29 is 0 Å². The molecule has 0 aromatic heterocycles. The van der Waals surface area contributed by atoms with Gasteiger partial charge in [-0.15, -0.1) is 0 Å². The van der Waals surface area contributed by atoms with Gasteiger partial charge in [0.05, 0.1) is 0 Å². The molecule has 14 heavy (non-hydrogen) atoms. The van der Waals surface area contributed by atoms with Crippen LogP contribution in [0.2, 0.25) is 0 Å². The molecule has 0 heterocycles. The third-order valence-electron chi connectivity index (χ3n) is 2.29. The Hall–Kier alpha value is 0.0500. The first-order chi connectivity index (χ1) is 6.57. The van der Waals surface area contributed by atoms with E-state index in [2.05, 4.69) is 39.6 Å². The molecule has 0 rings (SSSR count). The van der Waals surface area contributed by atoms with Gasteiger partial charge in [0, 0.05) is 17.5 Å². The van der Waals surface area contributed by atoms with Gasteiger partial charge in [-0.1, -0.05) is 39.8 Å². The molecule has 0 bridgehead atoms. The summed E-state index contributed by atoms with van der Waals surface area (Å²) in [5.41, 5.74) is 1.32. The van der Waals surface area contributed by atoms with E-state index < -0.39 is 0 Å². The molecule has 0 aliphatic rings.